The summed E-state index contributed by atoms with van der Waals surface area (Å²) < 4.78 is 18.4. The van der Waals surface area contributed by atoms with E-state index in [2.05, 4.69) is 9.72 Å². The highest BCUT2D eigenvalue weighted by molar-refractivity contribution is 7.17. The molecule has 0 aliphatic carbocycles. The van der Waals surface area contributed by atoms with Gasteiger partial charge in [0.2, 0.25) is 0 Å². The van der Waals surface area contributed by atoms with E-state index in [1.165, 1.54) is 13.2 Å². The fourth-order valence-corrected chi connectivity index (χ4v) is 2.60. The predicted molar refractivity (Wildman–Crippen MR) is 68.3 cm³/mol. The minimum Gasteiger partial charge on any atom is -0.465 e. The fourth-order valence-electron chi connectivity index (χ4n) is 1.60. The number of thiazole rings is 1. The number of carbonyl (C=O) groups is 1. The Morgan fingerprint density at radius 1 is 1.39 bits per heavy atom. The number of benzene rings is 1. The average molecular weight is 265 g/mol. The van der Waals surface area contributed by atoms with Crippen LogP contribution < -0.4 is 0 Å². The van der Waals surface area contributed by atoms with E-state index < -0.39 is 5.97 Å². The van der Waals surface area contributed by atoms with Gasteiger partial charge in [-0.1, -0.05) is 11.6 Å². The van der Waals surface area contributed by atoms with Gasteiger partial charge in [-0.2, -0.15) is 0 Å². The molecule has 2 rings (SSSR count). The molecule has 1 heterocycles. The van der Waals surface area contributed by atoms with Crippen molar-refractivity contribution in [2.75, 3.05) is 7.11 Å². The van der Waals surface area contributed by atoms with Gasteiger partial charge in [0.25, 0.3) is 0 Å². The zero-order valence-corrected chi connectivity index (χ0v) is 11.1. The van der Waals surface area contributed by atoms with Crippen molar-refractivity contribution in [3.05, 3.63) is 40.2 Å². The van der Waals surface area contributed by atoms with E-state index in [9.17, 15) is 9.18 Å². The Balaban J connectivity index is 2.52. The number of hydrogen-bond acceptors (Lipinski definition) is 4. The maximum Gasteiger partial charge on any atom is 0.349 e. The lowest BCUT2D eigenvalue weighted by molar-refractivity contribution is 0.0605. The Kier molecular flexibility index (Phi) is 3.43. The van der Waals surface area contributed by atoms with Crippen LogP contribution in [0.4, 0.5) is 4.39 Å². The lowest BCUT2D eigenvalue weighted by atomic mass is 10.1. The molecule has 0 unspecified atom stereocenters. The Morgan fingerprint density at radius 2 is 2.11 bits per heavy atom. The molecule has 0 amide bonds. The number of aryl methyl sites for hydroxylation is 2. The van der Waals surface area contributed by atoms with Crippen LogP contribution in [0.1, 0.15) is 20.9 Å². The van der Waals surface area contributed by atoms with E-state index >= 15 is 0 Å². The van der Waals surface area contributed by atoms with Gasteiger partial charge in [0, 0.05) is 5.56 Å². The maximum atomic E-state index is 13.7. The first-order valence-corrected chi connectivity index (χ1v) is 6.17. The van der Waals surface area contributed by atoms with Crippen molar-refractivity contribution in [1.82, 2.24) is 4.98 Å². The van der Waals surface area contributed by atoms with Crippen molar-refractivity contribution in [2.45, 2.75) is 13.8 Å². The van der Waals surface area contributed by atoms with E-state index in [1.54, 1.807) is 19.1 Å². The summed E-state index contributed by atoms with van der Waals surface area (Å²) in [5.74, 6) is -0.782. The van der Waals surface area contributed by atoms with Gasteiger partial charge in [0.1, 0.15) is 15.7 Å². The van der Waals surface area contributed by atoms with Crippen LogP contribution in [-0.2, 0) is 4.74 Å². The molecule has 0 fully saturated rings. The topological polar surface area (TPSA) is 39.2 Å². The molecule has 5 heteroatoms. The molecule has 1 aromatic heterocycles. The summed E-state index contributed by atoms with van der Waals surface area (Å²) in [4.78, 5) is 16.1. The molecule has 0 aliphatic rings. The van der Waals surface area contributed by atoms with Crippen molar-refractivity contribution in [3.63, 3.8) is 0 Å². The van der Waals surface area contributed by atoms with Crippen molar-refractivity contribution < 1.29 is 13.9 Å². The van der Waals surface area contributed by atoms with Gasteiger partial charge in [-0.3, -0.25) is 0 Å². The van der Waals surface area contributed by atoms with Crippen LogP contribution in [0.15, 0.2) is 18.2 Å². The van der Waals surface area contributed by atoms with Gasteiger partial charge >= 0.3 is 5.97 Å². The summed E-state index contributed by atoms with van der Waals surface area (Å²) >= 11 is 1.14. The molecule has 0 aliphatic heterocycles. The molecule has 0 spiro atoms. The number of esters is 1. The SMILES string of the molecule is COC(=O)c1sc(-c2cc(C)ccc2F)nc1C. The second-order valence-electron chi connectivity index (χ2n) is 3.91. The van der Waals surface area contributed by atoms with Crippen LogP contribution in [0.2, 0.25) is 0 Å². The summed E-state index contributed by atoms with van der Waals surface area (Å²) in [7, 11) is 1.31. The predicted octanol–water partition coefficient (Wildman–Crippen LogP) is 3.35. The van der Waals surface area contributed by atoms with E-state index in [0.717, 1.165) is 16.9 Å². The van der Waals surface area contributed by atoms with Crippen LogP contribution in [-0.4, -0.2) is 18.1 Å². The second kappa shape index (κ2) is 4.86. The zero-order valence-electron chi connectivity index (χ0n) is 10.3. The third kappa shape index (κ3) is 2.26. The van der Waals surface area contributed by atoms with E-state index in [-0.39, 0.29) is 5.82 Å². The van der Waals surface area contributed by atoms with Gasteiger partial charge in [-0.25, -0.2) is 14.2 Å². The van der Waals surface area contributed by atoms with Gasteiger partial charge in [0.05, 0.1) is 12.8 Å². The van der Waals surface area contributed by atoms with Crippen LogP contribution in [0, 0.1) is 19.7 Å². The molecule has 0 N–H and O–H groups in total. The molecule has 94 valence electrons. The zero-order chi connectivity index (χ0) is 13.3. The van der Waals surface area contributed by atoms with Crippen LogP contribution >= 0.6 is 11.3 Å². The molecule has 3 nitrogen and oxygen atoms in total. The van der Waals surface area contributed by atoms with Gasteiger partial charge in [0.15, 0.2) is 0 Å². The molecular weight excluding hydrogens is 253 g/mol. The lowest BCUT2D eigenvalue weighted by Gasteiger charge is -2.00. The number of halogens is 1. The van der Waals surface area contributed by atoms with Crippen LogP contribution in [0.25, 0.3) is 10.6 Å². The number of rotatable bonds is 2. The van der Waals surface area contributed by atoms with E-state index in [1.807, 2.05) is 6.92 Å². The number of ether oxygens (including phenoxy) is 1. The lowest BCUT2D eigenvalue weighted by Crippen LogP contribution is -1.99. The number of carbonyl (C=O) groups excluding carboxylic acids is 1. The minimum atomic E-state index is -0.440. The second-order valence-corrected chi connectivity index (χ2v) is 4.91. The van der Waals surface area contributed by atoms with E-state index in [0.29, 0.717) is 21.1 Å². The van der Waals surface area contributed by atoms with Crippen LogP contribution in [0.5, 0.6) is 0 Å². The van der Waals surface area contributed by atoms with Crippen molar-refractivity contribution in [2.24, 2.45) is 0 Å². The summed E-state index contributed by atoms with van der Waals surface area (Å²) in [6, 6.07) is 4.81. The monoisotopic (exact) mass is 265 g/mol. The fraction of sp³-hybridized carbons (Fsp3) is 0.231. The maximum absolute atomic E-state index is 13.7. The highest BCUT2D eigenvalue weighted by atomic mass is 32.1. The number of hydrogen-bond donors (Lipinski definition) is 0. The Morgan fingerprint density at radius 3 is 2.78 bits per heavy atom. The first-order valence-electron chi connectivity index (χ1n) is 5.35. The molecule has 0 bridgehead atoms. The minimum absolute atomic E-state index is 0.342. The summed E-state index contributed by atoms with van der Waals surface area (Å²) in [5.41, 5.74) is 1.92. The molecule has 2 aromatic rings. The Bertz CT molecular complexity index is 607. The average Bonchev–Trinajstić information content (AvgIpc) is 2.73. The van der Waals surface area contributed by atoms with Crippen molar-refractivity contribution in [3.8, 4) is 10.6 Å². The molecule has 1 aromatic carbocycles. The third-order valence-corrected chi connectivity index (χ3v) is 3.69. The summed E-state index contributed by atoms with van der Waals surface area (Å²) in [5, 5.41) is 0.495. The standard InChI is InChI=1S/C13H12FNO2S/c1-7-4-5-10(14)9(6-7)12-15-8(2)11(18-12)13(16)17-3/h4-6H,1-3H3. The first kappa shape index (κ1) is 12.7. The number of nitrogens with zero attached hydrogens (tertiary/aromatic N) is 1. The molecule has 0 saturated carbocycles. The van der Waals surface area contributed by atoms with Crippen molar-refractivity contribution >= 4 is 17.3 Å². The molecule has 0 atom stereocenters. The van der Waals surface area contributed by atoms with Gasteiger partial charge < -0.3 is 4.74 Å². The quantitative estimate of drug-likeness (QED) is 0.782. The highest BCUT2D eigenvalue weighted by Crippen LogP contribution is 2.30. The molecular formula is C13H12FNO2S. The van der Waals surface area contributed by atoms with Crippen LogP contribution in [0.3, 0.4) is 0 Å². The number of aromatic nitrogens is 1. The normalized spacial score (nSPS) is 10.4. The smallest absolute Gasteiger partial charge is 0.349 e. The molecule has 0 saturated heterocycles. The summed E-state index contributed by atoms with van der Waals surface area (Å²) in [6.07, 6.45) is 0. The van der Waals surface area contributed by atoms with Crippen molar-refractivity contribution in [1.29, 1.82) is 0 Å². The largest absolute Gasteiger partial charge is 0.465 e. The van der Waals surface area contributed by atoms with E-state index in [4.69, 9.17) is 0 Å². The third-order valence-electron chi connectivity index (χ3n) is 2.52. The Labute approximate surface area is 108 Å². The Hall–Kier alpha value is -1.75. The molecule has 18 heavy (non-hydrogen) atoms. The highest BCUT2D eigenvalue weighted by Gasteiger charge is 2.18. The summed E-state index contributed by atoms with van der Waals surface area (Å²) in [6.45, 7) is 3.59. The first-order chi connectivity index (χ1) is 8.52. The number of methoxy groups -OCH3 is 1. The van der Waals surface area contributed by atoms with Gasteiger partial charge in [-0.15, -0.1) is 11.3 Å². The van der Waals surface area contributed by atoms with Gasteiger partial charge in [-0.05, 0) is 26.0 Å². The molecule has 0 radical (unpaired) electrons.